The van der Waals surface area contributed by atoms with Gasteiger partial charge in [0, 0.05) is 6.61 Å². The largest absolute Gasteiger partial charge is 0.460 e. The highest BCUT2D eigenvalue weighted by molar-refractivity contribution is 5.74. The van der Waals surface area contributed by atoms with Gasteiger partial charge in [-0.25, -0.2) is 9.18 Å². The molecule has 0 saturated heterocycles. The Kier molecular flexibility index (Phi) is 9.47. The molecule has 0 saturated carbocycles. The minimum Gasteiger partial charge on any atom is -0.460 e. The minimum atomic E-state index is -1.52. The molecule has 0 aliphatic rings. The molecular formula is C18H27FO3. The molecule has 124 valence electrons. The van der Waals surface area contributed by atoms with Crippen LogP contribution >= 0.6 is 0 Å². The quantitative estimate of drug-likeness (QED) is 0.447. The molecular weight excluding hydrogens is 283 g/mol. The van der Waals surface area contributed by atoms with E-state index >= 15 is 0 Å². The molecule has 0 aliphatic heterocycles. The Morgan fingerprint density at radius 3 is 2.45 bits per heavy atom. The first kappa shape index (κ1) is 18.6. The molecule has 0 radical (unpaired) electrons. The topological polar surface area (TPSA) is 35.5 Å². The molecule has 22 heavy (non-hydrogen) atoms. The van der Waals surface area contributed by atoms with Crippen molar-refractivity contribution in [2.24, 2.45) is 0 Å². The number of esters is 1. The van der Waals surface area contributed by atoms with Gasteiger partial charge in [0.1, 0.15) is 6.10 Å². The molecule has 0 aliphatic carbocycles. The van der Waals surface area contributed by atoms with Crippen LogP contribution in [0.15, 0.2) is 30.3 Å². The molecule has 1 aromatic carbocycles. The average molecular weight is 310 g/mol. The van der Waals surface area contributed by atoms with Crippen LogP contribution in [0.4, 0.5) is 4.39 Å². The van der Waals surface area contributed by atoms with E-state index in [1.165, 1.54) is 0 Å². The van der Waals surface area contributed by atoms with E-state index in [0.717, 1.165) is 24.8 Å². The van der Waals surface area contributed by atoms with E-state index in [9.17, 15) is 9.18 Å². The summed E-state index contributed by atoms with van der Waals surface area (Å²) in [6.07, 6.45) is 1.33. The molecule has 3 nitrogen and oxygen atoms in total. The van der Waals surface area contributed by atoms with Crippen LogP contribution in [0, 0.1) is 0 Å². The maximum absolute atomic E-state index is 13.7. The summed E-state index contributed by atoms with van der Waals surface area (Å²) in [6.45, 7) is 5.00. The number of ether oxygens (including phenoxy) is 2. The summed E-state index contributed by atoms with van der Waals surface area (Å²) >= 11 is 0. The van der Waals surface area contributed by atoms with Crippen LogP contribution in [0.25, 0.3) is 0 Å². The van der Waals surface area contributed by atoms with Gasteiger partial charge in [-0.1, -0.05) is 44.2 Å². The van der Waals surface area contributed by atoms with Crippen molar-refractivity contribution < 1.29 is 18.7 Å². The molecule has 0 amide bonds. The van der Waals surface area contributed by atoms with Gasteiger partial charge in [0.2, 0.25) is 0 Å². The first-order valence-corrected chi connectivity index (χ1v) is 8.13. The Morgan fingerprint density at radius 1 is 1.14 bits per heavy atom. The van der Waals surface area contributed by atoms with Gasteiger partial charge in [0.25, 0.3) is 0 Å². The predicted molar refractivity (Wildman–Crippen MR) is 85.3 cm³/mol. The number of alkyl halides is 1. The first-order chi connectivity index (χ1) is 10.7. The lowest BCUT2D eigenvalue weighted by atomic mass is 10.1. The smallest absolute Gasteiger partial charge is 0.340 e. The Bertz CT molecular complexity index is 404. The van der Waals surface area contributed by atoms with Crippen LogP contribution in [-0.4, -0.2) is 24.9 Å². The summed E-state index contributed by atoms with van der Waals surface area (Å²) < 4.78 is 24.3. The lowest BCUT2D eigenvalue weighted by Crippen LogP contribution is -2.24. The second kappa shape index (κ2) is 11.2. The van der Waals surface area contributed by atoms with Crippen molar-refractivity contribution in [2.75, 3.05) is 6.61 Å². The van der Waals surface area contributed by atoms with Crippen LogP contribution in [0.5, 0.6) is 0 Å². The number of carbonyl (C=O) groups is 1. The fraction of sp³-hybridized carbons (Fsp3) is 0.611. The molecule has 1 aromatic rings. The molecule has 0 aromatic heterocycles. The fourth-order valence-corrected chi connectivity index (χ4v) is 2.10. The second-order valence-corrected chi connectivity index (χ2v) is 5.38. The Balaban J connectivity index is 2.07. The monoisotopic (exact) mass is 310 g/mol. The zero-order chi connectivity index (χ0) is 16.2. The maximum Gasteiger partial charge on any atom is 0.340 e. The first-order valence-electron chi connectivity index (χ1n) is 8.13. The van der Waals surface area contributed by atoms with Gasteiger partial charge in [-0.3, -0.25) is 0 Å². The Labute approximate surface area is 132 Å². The van der Waals surface area contributed by atoms with Gasteiger partial charge in [-0.05, 0) is 37.7 Å². The van der Waals surface area contributed by atoms with Crippen molar-refractivity contribution in [1.82, 2.24) is 0 Å². The van der Waals surface area contributed by atoms with Crippen LogP contribution < -0.4 is 0 Å². The summed E-state index contributed by atoms with van der Waals surface area (Å²) in [6, 6.07) is 9.91. The molecule has 0 bridgehead atoms. The molecule has 0 N–H and O–H groups in total. The molecule has 0 spiro atoms. The Hall–Kier alpha value is -1.42. The van der Waals surface area contributed by atoms with Crippen molar-refractivity contribution in [3.8, 4) is 0 Å². The van der Waals surface area contributed by atoms with Gasteiger partial charge in [0.15, 0.2) is 6.17 Å². The molecule has 1 rings (SSSR count). The number of rotatable bonds is 11. The zero-order valence-electron chi connectivity index (χ0n) is 13.6. The van der Waals surface area contributed by atoms with Crippen molar-refractivity contribution in [1.29, 1.82) is 0 Å². The summed E-state index contributed by atoms with van der Waals surface area (Å²) in [7, 11) is 0. The van der Waals surface area contributed by atoms with E-state index in [2.05, 4.69) is 0 Å². The number of halogens is 1. The number of carbonyl (C=O) groups excluding carboxylic acids is 1. The normalized spacial score (nSPS) is 12.4. The van der Waals surface area contributed by atoms with Gasteiger partial charge >= 0.3 is 5.97 Å². The molecule has 4 heteroatoms. The third-order valence-corrected chi connectivity index (χ3v) is 3.56. The van der Waals surface area contributed by atoms with E-state index in [0.29, 0.717) is 19.6 Å². The van der Waals surface area contributed by atoms with Crippen molar-refractivity contribution in [3.05, 3.63) is 35.9 Å². The van der Waals surface area contributed by atoms with Crippen molar-refractivity contribution in [2.45, 2.75) is 64.8 Å². The van der Waals surface area contributed by atoms with Gasteiger partial charge in [-0.2, -0.15) is 0 Å². The molecule has 1 atom stereocenters. The maximum atomic E-state index is 13.7. The minimum absolute atomic E-state index is 0.167. The third kappa shape index (κ3) is 7.55. The zero-order valence-corrected chi connectivity index (χ0v) is 13.6. The number of unbranched alkanes of at least 4 members (excludes halogenated alkanes) is 1. The van der Waals surface area contributed by atoms with Crippen LogP contribution in [-0.2, 0) is 20.9 Å². The molecule has 0 unspecified atom stereocenters. The van der Waals surface area contributed by atoms with E-state index in [1.807, 2.05) is 44.2 Å². The second-order valence-electron chi connectivity index (χ2n) is 5.38. The average Bonchev–Trinajstić information content (AvgIpc) is 2.56. The number of hydrogen-bond donors (Lipinski definition) is 0. The molecule has 0 heterocycles. The van der Waals surface area contributed by atoms with Crippen molar-refractivity contribution in [3.63, 3.8) is 0 Å². The lowest BCUT2D eigenvalue weighted by molar-refractivity contribution is -0.155. The highest BCUT2D eigenvalue weighted by atomic mass is 19.1. The summed E-state index contributed by atoms with van der Waals surface area (Å²) in [5, 5.41) is 0. The summed E-state index contributed by atoms with van der Waals surface area (Å²) in [5.74, 6) is -0.723. The van der Waals surface area contributed by atoms with Crippen molar-refractivity contribution >= 4 is 5.97 Å². The lowest BCUT2D eigenvalue weighted by Gasteiger charge is -2.15. The highest BCUT2D eigenvalue weighted by Crippen LogP contribution is 2.11. The summed E-state index contributed by atoms with van der Waals surface area (Å²) in [5.41, 5.74) is 1.12. The molecule has 0 fully saturated rings. The SMILES string of the molecule is CCC(CC)OC(=O)[C@@H](F)CCCCOCc1ccccc1. The third-order valence-electron chi connectivity index (χ3n) is 3.56. The van der Waals surface area contributed by atoms with E-state index in [-0.39, 0.29) is 12.5 Å². The van der Waals surface area contributed by atoms with Crippen LogP contribution in [0.1, 0.15) is 51.5 Å². The van der Waals surface area contributed by atoms with Gasteiger partial charge in [-0.15, -0.1) is 0 Å². The highest BCUT2D eigenvalue weighted by Gasteiger charge is 2.21. The predicted octanol–water partition coefficient (Wildman–Crippen LogP) is 4.44. The summed E-state index contributed by atoms with van der Waals surface area (Å²) in [4.78, 5) is 11.5. The van der Waals surface area contributed by atoms with Crippen LogP contribution in [0.2, 0.25) is 0 Å². The number of hydrogen-bond acceptors (Lipinski definition) is 3. The van der Waals surface area contributed by atoms with Gasteiger partial charge < -0.3 is 9.47 Å². The fourth-order valence-electron chi connectivity index (χ4n) is 2.10. The van der Waals surface area contributed by atoms with E-state index < -0.39 is 12.1 Å². The standard InChI is InChI=1S/C18H27FO3/c1-3-16(4-2)22-18(20)17(19)12-8-9-13-21-14-15-10-6-5-7-11-15/h5-7,10-11,16-17H,3-4,8-9,12-14H2,1-2H3/t17-/m0/s1. The number of benzene rings is 1. The van der Waals surface area contributed by atoms with E-state index in [4.69, 9.17) is 9.47 Å². The van der Waals surface area contributed by atoms with E-state index in [1.54, 1.807) is 0 Å². The Morgan fingerprint density at radius 2 is 1.82 bits per heavy atom. The van der Waals surface area contributed by atoms with Crippen LogP contribution in [0.3, 0.4) is 0 Å². The van der Waals surface area contributed by atoms with Gasteiger partial charge in [0.05, 0.1) is 6.61 Å².